The number of rotatable bonds is 1. The summed E-state index contributed by atoms with van der Waals surface area (Å²) in [5.41, 5.74) is 1.17. The van der Waals surface area contributed by atoms with Crippen LogP contribution in [0.3, 0.4) is 0 Å². The van der Waals surface area contributed by atoms with Crippen molar-refractivity contribution in [1.29, 1.82) is 0 Å². The van der Waals surface area contributed by atoms with E-state index in [2.05, 4.69) is 0 Å². The lowest BCUT2D eigenvalue weighted by Gasteiger charge is -2.07. The summed E-state index contributed by atoms with van der Waals surface area (Å²) in [5, 5.41) is 30.4. The molecule has 5 heteroatoms. The number of phenols is 1. The van der Waals surface area contributed by atoms with Crippen molar-refractivity contribution < 1.29 is 15.2 Å². The second-order valence-corrected chi connectivity index (χ2v) is 4.06. The summed E-state index contributed by atoms with van der Waals surface area (Å²) < 4.78 is 0.896. The van der Waals surface area contributed by atoms with Crippen LogP contribution in [-0.4, -0.2) is 22.3 Å². The van der Waals surface area contributed by atoms with Gasteiger partial charge in [-0.1, -0.05) is 0 Å². The van der Waals surface area contributed by atoms with Crippen LogP contribution in [0.15, 0.2) is 17.5 Å². The fraction of sp³-hybridized carbons (Fsp3) is 0.111. The van der Waals surface area contributed by atoms with E-state index in [9.17, 15) is 5.11 Å². The van der Waals surface area contributed by atoms with E-state index in [1.807, 2.05) is 18.4 Å². The van der Waals surface area contributed by atoms with Crippen LogP contribution in [0.5, 0.6) is 5.75 Å². The second kappa shape index (κ2) is 3.27. The quantitative estimate of drug-likeness (QED) is 0.601. The van der Waals surface area contributed by atoms with Gasteiger partial charge in [-0.15, -0.1) is 11.3 Å². The van der Waals surface area contributed by atoms with Gasteiger partial charge in [-0.3, -0.25) is 0 Å². The van der Waals surface area contributed by atoms with Crippen LogP contribution in [-0.2, 0) is 0 Å². The van der Waals surface area contributed by atoms with Gasteiger partial charge in [0.05, 0.1) is 0 Å². The Morgan fingerprint density at radius 2 is 2.07 bits per heavy atom. The maximum absolute atomic E-state index is 9.60. The van der Waals surface area contributed by atoms with Crippen molar-refractivity contribution in [3.05, 3.63) is 23.1 Å². The van der Waals surface area contributed by atoms with Gasteiger partial charge in [0.15, 0.2) is 0 Å². The van der Waals surface area contributed by atoms with Crippen molar-refractivity contribution in [2.75, 3.05) is 0 Å². The molecular formula is C9H9BO3S. The van der Waals surface area contributed by atoms with E-state index in [0.29, 0.717) is 5.46 Å². The van der Waals surface area contributed by atoms with Crippen molar-refractivity contribution in [2.24, 2.45) is 0 Å². The zero-order valence-corrected chi connectivity index (χ0v) is 8.38. The largest absolute Gasteiger partial charge is 0.507 e. The Hall–Kier alpha value is -1.04. The highest BCUT2D eigenvalue weighted by molar-refractivity contribution is 7.17. The molecule has 0 radical (unpaired) electrons. The molecule has 0 amide bonds. The van der Waals surface area contributed by atoms with Crippen molar-refractivity contribution in [3.63, 3.8) is 0 Å². The molecule has 0 unspecified atom stereocenters. The highest BCUT2D eigenvalue weighted by atomic mass is 32.1. The van der Waals surface area contributed by atoms with E-state index in [0.717, 1.165) is 15.6 Å². The molecule has 0 aliphatic carbocycles. The Balaban J connectivity index is 2.82. The number of fused-ring (bicyclic) bond motifs is 1. The van der Waals surface area contributed by atoms with Gasteiger partial charge in [0.25, 0.3) is 0 Å². The Morgan fingerprint density at radius 3 is 2.71 bits per heavy atom. The second-order valence-electron chi connectivity index (χ2n) is 3.15. The van der Waals surface area contributed by atoms with Gasteiger partial charge in [0.1, 0.15) is 5.75 Å². The van der Waals surface area contributed by atoms with Gasteiger partial charge in [0.2, 0.25) is 0 Å². The molecule has 0 aliphatic heterocycles. The standard InChI is InChI=1S/C9H9BO3S/c1-5-7(10(12)13)4-8(11)6-2-3-14-9(5)6/h2-4,11-13H,1H3. The monoisotopic (exact) mass is 208 g/mol. The molecule has 0 saturated carbocycles. The van der Waals surface area contributed by atoms with Crippen molar-refractivity contribution >= 4 is 34.0 Å². The molecule has 0 saturated heterocycles. The predicted octanol–water partition coefficient (Wildman–Crippen LogP) is 0.595. The first-order valence-electron chi connectivity index (χ1n) is 4.17. The molecule has 0 atom stereocenters. The molecule has 3 N–H and O–H groups in total. The number of hydrogen-bond acceptors (Lipinski definition) is 4. The first-order chi connectivity index (χ1) is 6.61. The third-order valence-electron chi connectivity index (χ3n) is 2.29. The topological polar surface area (TPSA) is 60.7 Å². The smallest absolute Gasteiger partial charge is 0.488 e. The molecule has 2 rings (SSSR count). The van der Waals surface area contributed by atoms with E-state index >= 15 is 0 Å². The number of hydrogen-bond donors (Lipinski definition) is 3. The lowest BCUT2D eigenvalue weighted by atomic mass is 9.77. The van der Waals surface area contributed by atoms with Crippen LogP contribution in [0, 0.1) is 6.92 Å². The summed E-state index contributed by atoms with van der Waals surface area (Å²) in [6, 6.07) is 3.21. The van der Waals surface area contributed by atoms with E-state index in [1.165, 1.54) is 17.4 Å². The van der Waals surface area contributed by atoms with Crippen molar-refractivity contribution in [2.45, 2.75) is 6.92 Å². The minimum Gasteiger partial charge on any atom is -0.507 e. The SMILES string of the molecule is Cc1c(B(O)O)cc(O)c2ccsc12. The van der Waals surface area contributed by atoms with Crippen LogP contribution in [0.2, 0.25) is 0 Å². The van der Waals surface area contributed by atoms with Gasteiger partial charge in [0, 0.05) is 10.1 Å². The highest BCUT2D eigenvalue weighted by Gasteiger charge is 2.18. The molecule has 1 aromatic carbocycles. The van der Waals surface area contributed by atoms with Crippen LogP contribution < -0.4 is 5.46 Å². The third-order valence-corrected chi connectivity index (χ3v) is 3.32. The molecule has 1 aromatic heterocycles. The minimum absolute atomic E-state index is 0.0925. The van der Waals surface area contributed by atoms with E-state index < -0.39 is 7.12 Å². The summed E-state index contributed by atoms with van der Waals surface area (Å²) >= 11 is 1.48. The Bertz CT molecular complexity index is 478. The fourth-order valence-electron chi connectivity index (χ4n) is 1.53. The Morgan fingerprint density at radius 1 is 1.36 bits per heavy atom. The van der Waals surface area contributed by atoms with Gasteiger partial charge in [-0.05, 0) is 35.5 Å². The highest BCUT2D eigenvalue weighted by Crippen LogP contribution is 2.30. The maximum Gasteiger partial charge on any atom is 0.488 e. The lowest BCUT2D eigenvalue weighted by Crippen LogP contribution is -2.31. The molecule has 1 heterocycles. The molecule has 72 valence electrons. The van der Waals surface area contributed by atoms with Gasteiger partial charge >= 0.3 is 7.12 Å². The summed E-state index contributed by atoms with van der Waals surface area (Å²) in [4.78, 5) is 0. The Kier molecular flexibility index (Phi) is 2.22. The minimum atomic E-state index is -1.53. The summed E-state index contributed by atoms with van der Waals surface area (Å²) in [7, 11) is -1.53. The zero-order chi connectivity index (χ0) is 10.3. The number of benzene rings is 1. The van der Waals surface area contributed by atoms with Crippen LogP contribution in [0.25, 0.3) is 10.1 Å². The molecule has 0 spiro atoms. The molecule has 3 nitrogen and oxygen atoms in total. The van der Waals surface area contributed by atoms with Gasteiger partial charge in [-0.2, -0.15) is 0 Å². The number of phenolic OH excluding ortho intramolecular Hbond substituents is 1. The molecule has 14 heavy (non-hydrogen) atoms. The molecular weight excluding hydrogens is 199 g/mol. The lowest BCUT2D eigenvalue weighted by molar-refractivity contribution is 0.424. The van der Waals surface area contributed by atoms with E-state index in [1.54, 1.807) is 0 Å². The van der Waals surface area contributed by atoms with Gasteiger partial charge < -0.3 is 15.2 Å². The van der Waals surface area contributed by atoms with Crippen LogP contribution >= 0.6 is 11.3 Å². The zero-order valence-electron chi connectivity index (χ0n) is 7.56. The maximum atomic E-state index is 9.60. The summed E-state index contributed by atoms with van der Waals surface area (Å²) in [6.45, 7) is 1.81. The molecule has 0 bridgehead atoms. The normalized spacial score (nSPS) is 10.8. The summed E-state index contributed by atoms with van der Waals surface area (Å²) in [5.74, 6) is 0.0925. The third kappa shape index (κ3) is 1.30. The van der Waals surface area contributed by atoms with Crippen LogP contribution in [0.4, 0.5) is 0 Å². The number of aryl methyl sites for hydroxylation is 1. The van der Waals surface area contributed by atoms with Crippen molar-refractivity contribution in [3.8, 4) is 5.75 Å². The van der Waals surface area contributed by atoms with Gasteiger partial charge in [-0.25, -0.2) is 0 Å². The molecule has 2 aromatic rings. The first kappa shape index (κ1) is 9.52. The first-order valence-corrected chi connectivity index (χ1v) is 5.05. The number of aromatic hydroxyl groups is 1. The fourth-order valence-corrected chi connectivity index (χ4v) is 2.47. The summed E-state index contributed by atoms with van der Waals surface area (Å²) in [6.07, 6.45) is 0. The average Bonchev–Trinajstić information content (AvgIpc) is 2.59. The van der Waals surface area contributed by atoms with Crippen molar-refractivity contribution in [1.82, 2.24) is 0 Å². The molecule has 0 fully saturated rings. The number of thiophene rings is 1. The van der Waals surface area contributed by atoms with E-state index in [4.69, 9.17) is 10.0 Å². The van der Waals surface area contributed by atoms with Crippen LogP contribution in [0.1, 0.15) is 5.56 Å². The van der Waals surface area contributed by atoms with E-state index in [-0.39, 0.29) is 5.75 Å². The average molecular weight is 208 g/mol. The molecule has 0 aliphatic rings. The predicted molar refractivity (Wildman–Crippen MR) is 58.1 cm³/mol. The Labute approximate surface area is 85.4 Å².